The lowest BCUT2D eigenvalue weighted by Crippen LogP contribution is -2.28. The third kappa shape index (κ3) is 5.14. The van der Waals surface area contributed by atoms with Crippen LogP contribution >= 0.6 is 0 Å². The van der Waals surface area contributed by atoms with Crippen LogP contribution in [0.5, 0.6) is 5.75 Å². The molecule has 3 heteroatoms. The van der Waals surface area contributed by atoms with Crippen LogP contribution in [0, 0.1) is 6.92 Å². The van der Waals surface area contributed by atoms with Crippen LogP contribution in [0.15, 0.2) is 18.2 Å². The third-order valence-corrected chi connectivity index (χ3v) is 3.52. The van der Waals surface area contributed by atoms with Gasteiger partial charge in [-0.15, -0.1) is 0 Å². The van der Waals surface area contributed by atoms with E-state index in [4.69, 9.17) is 9.47 Å². The lowest BCUT2D eigenvalue weighted by atomic mass is 10.0. The minimum Gasteiger partial charge on any atom is -0.496 e. The Hall–Kier alpha value is -1.06. The molecule has 1 aromatic rings. The summed E-state index contributed by atoms with van der Waals surface area (Å²) in [6.45, 7) is 10.2. The molecular formula is C17H29NO2. The zero-order valence-electron chi connectivity index (χ0n) is 13.5. The van der Waals surface area contributed by atoms with E-state index < -0.39 is 0 Å². The van der Waals surface area contributed by atoms with Gasteiger partial charge in [0.25, 0.3) is 0 Å². The molecule has 0 bridgehead atoms. The normalized spacial score (nSPS) is 14.1. The quantitative estimate of drug-likeness (QED) is 0.744. The monoisotopic (exact) mass is 279 g/mol. The van der Waals surface area contributed by atoms with E-state index in [1.165, 1.54) is 11.1 Å². The number of rotatable bonds is 9. The first-order valence-electron chi connectivity index (χ1n) is 7.61. The van der Waals surface area contributed by atoms with Gasteiger partial charge in [-0.25, -0.2) is 0 Å². The molecule has 0 heterocycles. The van der Waals surface area contributed by atoms with Gasteiger partial charge < -0.3 is 14.8 Å². The molecular weight excluding hydrogens is 250 g/mol. The average molecular weight is 279 g/mol. The lowest BCUT2D eigenvalue weighted by molar-refractivity contribution is 0.0470. The van der Waals surface area contributed by atoms with Crippen LogP contribution in [0.1, 0.15) is 50.8 Å². The van der Waals surface area contributed by atoms with E-state index >= 15 is 0 Å². The summed E-state index contributed by atoms with van der Waals surface area (Å²) >= 11 is 0. The van der Waals surface area contributed by atoms with Crippen LogP contribution in [0.3, 0.4) is 0 Å². The minimum atomic E-state index is 0.179. The van der Waals surface area contributed by atoms with Crippen LogP contribution in [0.4, 0.5) is 0 Å². The van der Waals surface area contributed by atoms with Gasteiger partial charge in [0.2, 0.25) is 0 Å². The maximum atomic E-state index is 5.93. The fourth-order valence-electron chi connectivity index (χ4n) is 2.08. The van der Waals surface area contributed by atoms with Crippen molar-refractivity contribution in [2.75, 3.05) is 20.3 Å². The molecule has 2 atom stereocenters. The Morgan fingerprint density at radius 1 is 1.25 bits per heavy atom. The van der Waals surface area contributed by atoms with Crippen LogP contribution < -0.4 is 10.1 Å². The van der Waals surface area contributed by atoms with Gasteiger partial charge in [-0.2, -0.15) is 0 Å². The molecule has 0 amide bonds. The van der Waals surface area contributed by atoms with E-state index in [1.54, 1.807) is 7.11 Å². The summed E-state index contributed by atoms with van der Waals surface area (Å²) in [5, 5.41) is 3.56. The molecule has 0 aliphatic carbocycles. The summed E-state index contributed by atoms with van der Waals surface area (Å²) in [4.78, 5) is 0. The number of aryl methyl sites for hydroxylation is 1. The predicted octanol–water partition coefficient (Wildman–Crippen LogP) is 3.86. The summed E-state index contributed by atoms with van der Waals surface area (Å²) in [5.74, 6) is 0.928. The highest BCUT2D eigenvalue weighted by molar-refractivity contribution is 5.39. The van der Waals surface area contributed by atoms with E-state index in [2.05, 4.69) is 45.1 Å². The van der Waals surface area contributed by atoms with Gasteiger partial charge in [0, 0.05) is 5.56 Å². The molecule has 0 aromatic heterocycles. The number of benzene rings is 1. The van der Waals surface area contributed by atoms with Crippen molar-refractivity contribution in [2.24, 2.45) is 0 Å². The number of hydrogen-bond donors (Lipinski definition) is 1. The van der Waals surface area contributed by atoms with Gasteiger partial charge in [0.1, 0.15) is 5.75 Å². The average Bonchev–Trinajstić information content (AvgIpc) is 2.47. The second-order valence-electron chi connectivity index (χ2n) is 5.30. The number of ether oxygens (including phenoxy) is 2. The van der Waals surface area contributed by atoms with Gasteiger partial charge in [0.15, 0.2) is 0 Å². The first kappa shape index (κ1) is 17.0. The van der Waals surface area contributed by atoms with Gasteiger partial charge in [-0.1, -0.05) is 31.5 Å². The first-order valence-corrected chi connectivity index (χ1v) is 7.61. The van der Waals surface area contributed by atoms with Crippen LogP contribution in [-0.2, 0) is 4.74 Å². The Labute approximate surface area is 123 Å². The maximum Gasteiger partial charge on any atom is 0.123 e. The molecule has 0 radical (unpaired) electrons. The van der Waals surface area contributed by atoms with Crippen molar-refractivity contribution in [1.29, 1.82) is 0 Å². The minimum absolute atomic E-state index is 0.179. The molecule has 1 rings (SSSR count). The van der Waals surface area contributed by atoms with E-state index in [1.807, 2.05) is 6.07 Å². The number of nitrogens with one attached hydrogen (secondary N) is 1. The Bertz CT molecular complexity index is 393. The standard InChI is InChI=1S/C17H29NO2/c1-6-10-18-16(12-20-14(4)7-2)15-11-13(3)8-9-17(15)19-5/h8-9,11,14,16,18H,6-7,10,12H2,1-5H3. The van der Waals surface area contributed by atoms with Gasteiger partial charge in [0.05, 0.1) is 25.9 Å². The molecule has 3 nitrogen and oxygen atoms in total. The molecule has 1 N–H and O–H groups in total. The Kier molecular flexibility index (Phi) is 7.63. The number of hydrogen-bond acceptors (Lipinski definition) is 3. The second kappa shape index (κ2) is 8.98. The van der Waals surface area contributed by atoms with E-state index in [-0.39, 0.29) is 12.1 Å². The predicted molar refractivity (Wildman–Crippen MR) is 84.5 cm³/mol. The molecule has 2 unspecified atom stereocenters. The van der Waals surface area contributed by atoms with Crippen molar-refractivity contribution in [3.8, 4) is 5.75 Å². The smallest absolute Gasteiger partial charge is 0.123 e. The molecule has 0 saturated heterocycles. The molecule has 0 aliphatic rings. The van der Waals surface area contributed by atoms with Crippen molar-refractivity contribution < 1.29 is 9.47 Å². The van der Waals surface area contributed by atoms with Gasteiger partial charge >= 0.3 is 0 Å². The molecule has 0 spiro atoms. The maximum absolute atomic E-state index is 5.93. The summed E-state index contributed by atoms with van der Waals surface area (Å²) in [6, 6.07) is 6.48. The first-order chi connectivity index (χ1) is 9.62. The zero-order chi connectivity index (χ0) is 15.0. The highest BCUT2D eigenvalue weighted by Crippen LogP contribution is 2.27. The molecule has 0 fully saturated rings. The Balaban J connectivity index is 2.88. The highest BCUT2D eigenvalue weighted by atomic mass is 16.5. The lowest BCUT2D eigenvalue weighted by Gasteiger charge is -2.23. The second-order valence-corrected chi connectivity index (χ2v) is 5.30. The highest BCUT2D eigenvalue weighted by Gasteiger charge is 2.17. The summed E-state index contributed by atoms with van der Waals surface area (Å²) in [7, 11) is 1.72. The largest absolute Gasteiger partial charge is 0.496 e. The SMILES string of the molecule is CCCNC(COC(C)CC)c1cc(C)ccc1OC. The van der Waals surface area contributed by atoms with Crippen LogP contribution in [0.2, 0.25) is 0 Å². The topological polar surface area (TPSA) is 30.5 Å². The van der Waals surface area contributed by atoms with Crippen molar-refractivity contribution in [3.05, 3.63) is 29.3 Å². The molecule has 1 aromatic carbocycles. The molecule has 0 aliphatic heterocycles. The van der Waals surface area contributed by atoms with Crippen molar-refractivity contribution in [1.82, 2.24) is 5.32 Å². The van der Waals surface area contributed by atoms with Crippen molar-refractivity contribution in [2.45, 2.75) is 52.7 Å². The summed E-state index contributed by atoms with van der Waals surface area (Å²) in [5.41, 5.74) is 2.43. The summed E-state index contributed by atoms with van der Waals surface area (Å²) < 4.78 is 11.4. The van der Waals surface area contributed by atoms with Gasteiger partial charge in [-0.3, -0.25) is 0 Å². The van der Waals surface area contributed by atoms with E-state index in [0.717, 1.165) is 25.1 Å². The molecule has 0 saturated carbocycles. The fraction of sp³-hybridized carbons (Fsp3) is 0.647. The molecule has 114 valence electrons. The van der Waals surface area contributed by atoms with E-state index in [9.17, 15) is 0 Å². The van der Waals surface area contributed by atoms with E-state index in [0.29, 0.717) is 6.61 Å². The fourth-order valence-corrected chi connectivity index (χ4v) is 2.08. The third-order valence-electron chi connectivity index (χ3n) is 3.52. The number of methoxy groups -OCH3 is 1. The van der Waals surface area contributed by atoms with Crippen molar-refractivity contribution >= 4 is 0 Å². The Morgan fingerprint density at radius 3 is 2.60 bits per heavy atom. The zero-order valence-corrected chi connectivity index (χ0v) is 13.5. The Morgan fingerprint density at radius 2 is 2.00 bits per heavy atom. The van der Waals surface area contributed by atoms with Crippen LogP contribution in [-0.4, -0.2) is 26.4 Å². The summed E-state index contributed by atoms with van der Waals surface area (Å²) in [6.07, 6.45) is 2.43. The van der Waals surface area contributed by atoms with Gasteiger partial charge in [-0.05, 0) is 39.3 Å². The van der Waals surface area contributed by atoms with Crippen molar-refractivity contribution in [3.63, 3.8) is 0 Å². The molecule has 20 heavy (non-hydrogen) atoms. The van der Waals surface area contributed by atoms with Crippen LogP contribution in [0.25, 0.3) is 0 Å².